The molecule has 4 fully saturated rings. The average molecular weight is 421 g/mol. The zero-order valence-corrected chi connectivity index (χ0v) is 19.4. The van der Waals surface area contributed by atoms with Crippen molar-refractivity contribution in [1.82, 2.24) is 0 Å². The van der Waals surface area contributed by atoms with Gasteiger partial charge in [0.15, 0.2) is 0 Å². The molecular formula is C25H40O5. The highest BCUT2D eigenvalue weighted by Gasteiger charge is 2.62. The number of hydrogen-bond donors (Lipinski definition) is 1. The highest BCUT2D eigenvalue weighted by molar-refractivity contribution is 5.66. The molecule has 0 spiro atoms. The Hall–Kier alpha value is -1.10. The van der Waals surface area contributed by atoms with E-state index in [4.69, 9.17) is 9.47 Å². The third-order valence-corrected chi connectivity index (χ3v) is 9.96. The lowest BCUT2D eigenvalue weighted by molar-refractivity contribution is -0.185. The van der Waals surface area contributed by atoms with Gasteiger partial charge in [0.2, 0.25) is 0 Å². The molecule has 5 heteroatoms. The molecule has 0 aliphatic heterocycles. The van der Waals surface area contributed by atoms with Crippen LogP contribution in [0.5, 0.6) is 0 Å². The van der Waals surface area contributed by atoms with E-state index in [1.165, 1.54) is 33.1 Å². The number of carbonyl (C=O) groups is 2. The largest absolute Gasteiger partial charge is 0.463 e. The van der Waals surface area contributed by atoms with Gasteiger partial charge in [-0.1, -0.05) is 13.8 Å². The van der Waals surface area contributed by atoms with Gasteiger partial charge in [-0.25, -0.2) is 0 Å². The van der Waals surface area contributed by atoms with Gasteiger partial charge >= 0.3 is 11.9 Å². The highest BCUT2D eigenvalue weighted by Crippen LogP contribution is 2.68. The third-order valence-electron chi connectivity index (χ3n) is 9.96. The minimum atomic E-state index is -0.318. The zero-order valence-electron chi connectivity index (χ0n) is 19.4. The van der Waals surface area contributed by atoms with Crippen LogP contribution in [0.25, 0.3) is 0 Å². The molecule has 0 radical (unpaired) electrons. The zero-order chi connectivity index (χ0) is 21.8. The van der Waals surface area contributed by atoms with Gasteiger partial charge in [-0.2, -0.15) is 0 Å². The van der Waals surface area contributed by atoms with Crippen LogP contribution in [0.2, 0.25) is 0 Å². The number of fused-ring (bicyclic) bond motifs is 5. The number of aliphatic hydroxyl groups is 1. The fourth-order valence-electron chi connectivity index (χ4n) is 8.76. The van der Waals surface area contributed by atoms with Gasteiger partial charge in [-0.05, 0) is 92.8 Å². The van der Waals surface area contributed by atoms with Gasteiger partial charge in [0.05, 0.1) is 6.10 Å². The summed E-state index contributed by atoms with van der Waals surface area (Å²) in [5.74, 6) is 2.01. The first-order valence-electron chi connectivity index (χ1n) is 12.1. The highest BCUT2D eigenvalue weighted by atomic mass is 16.5. The van der Waals surface area contributed by atoms with Crippen LogP contribution in [0.4, 0.5) is 0 Å². The van der Waals surface area contributed by atoms with E-state index in [2.05, 4.69) is 20.8 Å². The molecule has 5 nitrogen and oxygen atoms in total. The molecule has 30 heavy (non-hydrogen) atoms. The summed E-state index contributed by atoms with van der Waals surface area (Å²) < 4.78 is 11.2. The summed E-state index contributed by atoms with van der Waals surface area (Å²) in [5, 5.41) is 11.2. The lowest BCUT2D eigenvalue weighted by Gasteiger charge is -2.62. The van der Waals surface area contributed by atoms with E-state index in [9.17, 15) is 14.7 Å². The SMILES string of the molecule is CC(=O)O[C@H]1CC[C@@]2(C)C(C1)[C@H](O)C[C@H]1[C@@H]3CC[C@H]([C@H](C)OC(C)=O)[C@@]3(C)CC[C@@H]12. The lowest BCUT2D eigenvalue weighted by atomic mass is 9.44. The van der Waals surface area contributed by atoms with Crippen molar-refractivity contribution in [2.45, 2.75) is 104 Å². The summed E-state index contributed by atoms with van der Waals surface area (Å²) >= 11 is 0. The van der Waals surface area contributed by atoms with Crippen LogP contribution < -0.4 is 0 Å². The summed E-state index contributed by atoms with van der Waals surface area (Å²) in [7, 11) is 0. The second kappa shape index (κ2) is 7.79. The Morgan fingerprint density at radius 2 is 1.57 bits per heavy atom. The first-order valence-corrected chi connectivity index (χ1v) is 12.1. The summed E-state index contributed by atoms with van der Waals surface area (Å²) in [4.78, 5) is 23.0. The molecule has 1 unspecified atom stereocenters. The van der Waals surface area contributed by atoms with Crippen LogP contribution in [0.15, 0.2) is 0 Å². The third kappa shape index (κ3) is 3.49. The quantitative estimate of drug-likeness (QED) is 0.681. The number of aliphatic hydroxyl groups excluding tert-OH is 1. The minimum Gasteiger partial charge on any atom is -0.463 e. The predicted octanol–water partition coefficient (Wildman–Crippen LogP) is 4.50. The summed E-state index contributed by atoms with van der Waals surface area (Å²) in [6.45, 7) is 9.88. The number of rotatable bonds is 3. The number of hydrogen-bond acceptors (Lipinski definition) is 5. The Morgan fingerprint density at radius 1 is 0.900 bits per heavy atom. The van der Waals surface area contributed by atoms with E-state index in [0.717, 1.165) is 32.1 Å². The maximum Gasteiger partial charge on any atom is 0.302 e. The van der Waals surface area contributed by atoms with Crippen molar-refractivity contribution in [3.8, 4) is 0 Å². The fraction of sp³-hybridized carbons (Fsp3) is 0.920. The lowest BCUT2D eigenvalue weighted by Crippen LogP contribution is -2.58. The molecule has 0 heterocycles. The van der Waals surface area contributed by atoms with E-state index in [1.807, 2.05) is 0 Å². The standard InChI is InChI=1S/C25H40O5/c1-14(29-15(2)26)19-6-7-20-18-13-23(28)22-12-17(30-16(3)27)8-10-25(22,5)21(18)9-11-24(19,20)4/h14,17-23,28H,6-13H2,1-5H3/t14-,17-,18-,19+,20-,21-,22?,23+,24+,25+/m0/s1. The summed E-state index contributed by atoms with van der Waals surface area (Å²) in [6.07, 6.45) is 7.89. The van der Waals surface area contributed by atoms with Crippen LogP contribution in [-0.2, 0) is 19.1 Å². The molecule has 1 N–H and O–H groups in total. The Labute approximate surface area is 181 Å². The molecule has 170 valence electrons. The molecular weight excluding hydrogens is 380 g/mol. The van der Waals surface area contributed by atoms with Gasteiger partial charge in [0.25, 0.3) is 0 Å². The summed E-state index contributed by atoms with van der Waals surface area (Å²) in [5.41, 5.74) is 0.313. The smallest absolute Gasteiger partial charge is 0.302 e. The molecule has 0 aromatic rings. The normalized spacial score (nSPS) is 48.7. The molecule has 0 aromatic carbocycles. The topological polar surface area (TPSA) is 72.8 Å². The van der Waals surface area contributed by atoms with E-state index < -0.39 is 0 Å². The van der Waals surface area contributed by atoms with Crippen LogP contribution >= 0.6 is 0 Å². The van der Waals surface area contributed by atoms with E-state index >= 15 is 0 Å². The maximum absolute atomic E-state index is 11.6. The molecule has 4 saturated carbocycles. The minimum absolute atomic E-state index is 0.0370. The van der Waals surface area contributed by atoms with Crippen molar-refractivity contribution in [2.24, 2.45) is 40.4 Å². The monoisotopic (exact) mass is 420 g/mol. The van der Waals surface area contributed by atoms with Crippen LogP contribution in [-0.4, -0.2) is 35.4 Å². The van der Waals surface area contributed by atoms with Crippen molar-refractivity contribution in [3.63, 3.8) is 0 Å². The number of carbonyl (C=O) groups excluding carboxylic acids is 2. The molecule has 4 aliphatic carbocycles. The Balaban J connectivity index is 1.54. The van der Waals surface area contributed by atoms with Crippen molar-refractivity contribution < 1.29 is 24.2 Å². The summed E-state index contributed by atoms with van der Waals surface area (Å²) in [6, 6.07) is 0. The fourth-order valence-corrected chi connectivity index (χ4v) is 8.76. The molecule has 0 saturated heterocycles. The average Bonchev–Trinajstić information content (AvgIpc) is 2.99. The molecule has 4 aliphatic rings. The van der Waals surface area contributed by atoms with Gasteiger partial charge in [-0.3, -0.25) is 9.59 Å². The Morgan fingerprint density at radius 3 is 2.23 bits per heavy atom. The van der Waals surface area contributed by atoms with Crippen molar-refractivity contribution in [2.75, 3.05) is 0 Å². The van der Waals surface area contributed by atoms with Crippen molar-refractivity contribution >= 4 is 11.9 Å². The van der Waals surface area contributed by atoms with Crippen LogP contribution in [0.3, 0.4) is 0 Å². The molecule has 4 rings (SSSR count). The van der Waals surface area contributed by atoms with Gasteiger partial charge in [0, 0.05) is 19.8 Å². The van der Waals surface area contributed by atoms with Crippen molar-refractivity contribution in [3.05, 3.63) is 0 Å². The molecule has 0 bridgehead atoms. The number of esters is 2. The Bertz CT molecular complexity index is 691. The van der Waals surface area contributed by atoms with Gasteiger partial charge in [0.1, 0.15) is 12.2 Å². The van der Waals surface area contributed by atoms with E-state index in [0.29, 0.717) is 23.7 Å². The first kappa shape index (κ1) is 22.1. The first-order chi connectivity index (χ1) is 14.1. The molecule has 0 aromatic heterocycles. The van der Waals surface area contributed by atoms with Gasteiger partial charge in [-0.15, -0.1) is 0 Å². The predicted molar refractivity (Wildman–Crippen MR) is 113 cm³/mol. The second-order valence-corrected chi connectivity index (χ2v) is 11.3. The molecule has 10 atom stereocenters. The maximum atomic E-state index is 11.6. The van der Waals surface area contributed by atoms with E-state index in [-0.39, 0.29) is 47.0 Å². The second-order valence-electron chi connectivity index (χ2n) is 11.3. The van der Waals surface area contributed by atoms with Crippen LogP contribution in [0.1, 0.15) is 86.0 Å². The van der Waals surface area contributed by atoms with Crippen molar-refractivity contribution in [1.29, 1.82) is 0 Å². The molecule has 0 amide bonds. The number of ether oxygens (including phenoxy) is 2. The van der Waals surface area contributed by atoms with Crippen LogP contribution in [0, 0.1) is 40.4 Å². The van der Waals surface area contributed by atoms with E-state index in [1.54, 1.807) is 0 Å². The van der Waals surface area contributed by atoms with Gasteiger partial charge < -0.3 is 14.6 Å². The Kier molecular flexibility index (Phi) is 5.74.